The van der Waals surface area contributed by atoms with Crippen LogP contribution in [-0.2, 0) is 6.61 Å². The first-order valence-electron chi connectivity index (χ1n) is 7.60. The summed E-state index contributed by atoms with van der Waals surface area (Å²) in [5, 5.41) is 3.36. The van der Waals surface area contributed by atoms with Gasteiger partial charge >= 0.3 is 0 Å². The molecule has 1 saturated heterocycles. The molecule has 0 saturated carbocycles. The molecule has 1 fully saturated rings. The molecule has 0 spiro atoms. The molecule has 1 heterocycles. The van der Waals surface area contributed by atoms with Crippen molar-refractivity contribution >= 4 is 15.9 Å². The fourth-order valence-electron chi connectivity index (χ4n) is 2.82. The summed E-state index contributed by atoms with van der Waals surface area (Å²) in [5.41, 5.74) is 2.05. The second-order valence-corrected chi connectivity index (χ2v) is 6.49. The van der Waals surface area contributed by atoms with E-state index in [2.05, 4.69) is 21.2 Å². The highest BCUT2D eigenvalue weighted by molar-refractivity contribution is 9.10. The Bertz CT molecular complexity index is 603. The number of piperidine rings is 1. The molecule has 0 amide bonds. The maximum absolute atomic E-state index is 14.4. The van der Waals surface area contributed by atoms with E-state index in [1.54, 1.807) is 6.07 Å². The van der Waals surface area contributed by atoms with Crippen LogP contribution in [0.15, 0.2) is 46.9 Å². The van der Waals surface area contributed by atoms with Crippen molar-refractivity contribution in [2.75, 3.05) is 13.1 Å². The summed E-state index contributed by atoms with van der Waals surface area (Å²) in [6.45, 7) is 2.33. The predicted molar refractivity (Wildman–Crippen MR) is 89.7 cm³/mol. The number of rotatable bonds is 4. The zero-order valence-electron chi connectivity index (χ0n) is 12.3. The van der Waals surface area contributed by atoms with E-state index < -0.39 is 0 Å². The highest BCUT2D eigenvalue weighted by atomic mass is 79.9. The van der Waals surface area contributed by atoms with Gasteiger partial charge in [0.2, 0.25) is 0 Å². The summed E-state index contributed by atoms with van der Waals surface area (Å²) in [5.74, 6) is 0.366. The molecule has 1 unspecified atom stereocenters. The molecule has 1 N–H and O–H groups in total. The van der Waals surface area contributed by atoms with Gasteiger partial charge < -0.3 is 10.1 Å². The number of ether oxygens (including phenoxy) is 1. The predicted octanol–water partition coefficient (Wildman–Crippen LogP) is 4.63. The Labute approximate surface area is 138 Å². The Kier molecular flexibility index (Phi) is 5.11. The molecule has 1 aliphatic heterocycles. The van der Waals surface area contributed by atoms with E-state index in [9.17, 15) is 4.39 Å². The molecule has 22 heavy (non-hydrogen) atoms. The molecular formula is C18H19BrFNO. The first kappa shape index (κ1) is 15.5. The lowest BCUT2D eigenvalue weighted by molar-refractivity contribution is 0.287. The zero-order chi connectivity index (χ0) is 15.4. The van der Waals surface area contributed by atoms with E-state index >= 15 is 0 Å². The standard InChI is InChI=1S/C18H19BrFNO/c19-16-9-15(14-7-4-8-21-11-14)10-17(20)18(16)22-12-13-5-2-1-3-6-13/h1-3,5-6,9-10,14,21H,4,7-8,11-12H2. The number of hydrogen-bond acceptors (Lipinski definition) is 2. The third kappa shape index (κ3) is 3.68. The maximum atomic E-state index is 14.4. The van der Waals surface area contributed by atoms with E-state index in [1.807, 2.05) is 36.4 Å². The molecule has 4 heteroatoms. The van der Waals surface area contributed by atoms with Crippen LogP contribution in [0.5, 0.6) is 5.75 Å². The van der Waals surface area contributed by atoms with Crippen molar-refractivity contribution in [2.45, 2.75) is 25.4 Å². The van der Waals surface area contributed by atoms with Crippen LogP contribution in [0.3, 0.4) is 0 Å². The van der Waals surface area contributed by atoms with Gasteiger partial charge in [0.15, 0.2) is 11.6 Å². The highest BCUT2D eigenvalue weighted by Crippen LogP contribution is 2.34. The number of nitrogens with one attached hydrogen (secondary N) is 1. The lowest BCUT2D eigenvalue weighted by Gasteiger charge is -2.24. The molecule has 1 atom stereocenters. The Morgan fingerprint density at radius 1 is 1.23 bits per heavy atom. The summed E-state index contributed by atoms with van der Waals surface area (Å²) in [4.78, 5) is 0. The summed E-state index contributed by atoms with van der Waals surface area (Å²) in [6.07, 6.45) is 2.24. The van der Waals surface area contributed by atoms with E-state index in [-0.39, 0.29) is 11.6 Å². The van der Waals surface area contributed by atoms with Gasteiger partial charge in [0.1, 0.15) is 6.61 Å². The Balaban J connectivity index is 1.74. The van der Waals surface area contributed by atoms with Crippen LogP contribution < -0.4 is 10.1 Å². The Morgan fingerprint density at radius 3 is 2.73 bits per heavy atom. The van der Waals surface area contributed by atoms with E-state index in [0.29, 0.717) is 17.0 Å². The lowest BCUT2D eigenvalue weighted by Crippen LogP contribution is -2.28. The van der Waals surface area contributed by atoms with Crippen molar-refractivity contribution in [3.05, 3.63) is 63.9 Å². The van der Waals surface area contributed by atoms with Gasteiger partial charge in [0.05, 0.1) is 4.47 Å². The van der Waals surface area contributed by atoms with Crippen molar-refractivity contribution in [1.29, 1.82) is 0 Å². The molecule has 2 aromatic carbocycles. The molecule has 0 aliphatic carbocycles. The van der Waals surface area contributed by atoms with Crippen LogP contribution in [0.4, 0.5) is 4.39 Å². The van der Waals surface area contributed by atoms with Crippen LogP contribution in [0.2, 0.25) is 0 Å². The third-order valence-corrected chi connectivity index (χ3v) is 4.60. The molecular weight excluding hydrogens is 345 g/mol. The molecule has 3 rings (SSSR count). The zero-order valence-corrected chi connectivity index (χ0v) is 13.9. The second-order valence-electron chi connectivity index (χ2n) is 5.63. The average Bonchev–Trinajstić information content (AvgIpc) is 2.56. The minimum atomic E-state index is -0.300. The van der Waals surface area contributed by atoms with E-state index in [0.717, 1.165) is 37.1 Å². The fraction of sp³-hybridized carbons (Fsp3) is 0.333. The molecule has 2 aromatic rings. The molecule has 116 valence electrons. The molecule has 1 aliphatic rings. The quantitative estimate of drug-likeness (QED) is 0.854. The van der Waals surface area contributed by atoms with Gasteiger partial charge in [-0.05, 0) is 64.5 Å². The topological polar surface area (TPSA) is 21.3 Å². The largest absolute Gasteiger partial charge is 0.485 e. The van der Waals surface area contributed by atoms with Gasteiger partial charge in [-0.2, -0.15) is 0 Å². The summed E-state index contributed by atoms with van der Waals surface area (Å²) >= 11 is 3.45. The van der Waals surface area contributed by atoms with Crippen LogP contribution in [0, 0.1) is 5.82 Å². The van der Waals surface area contributed by atoms with Crippen molar-refractivity contribution in [3.63, 3.8) is 0 Å². The normalized spacial score (nSPS) is 18.2. The van der Waals surface area contributed by atoms with Crippen LogP contribution in [0.1, 0.15) is 29.9 Å². The van der Waals surface area contributed by atoms with Crippen LogP contribution in [0.25, 0.3) is 0 Å². The van der Waals surface area contributed by atoms with Gasteiger partial charge in [0, 0.05) is 6.54 Å². The Hall–Kier alpha value is -1.39. The SMILES string of the molecule is Fc1cc(C2CCCNC2)cc(Br)c1OCc1ccccc1. The summed E-state index contributed by atoms with van der Waals surface area (Å²) in [6, 6.07) is 13.4. The molecule has 0 aromatic heterocycles. The van der Waals surface area contributed by atoms with Gasteiger partial charge in [-0.3, -0.25) is 0 Å². The fourth-order valence-corrected chi connectivity index (χ4v) is 3.39. The number of benzene rings is 2. The van der Waals surface area contributed by atoms with Crippen molar-refractivity contribution < 1.29 is 9.13 Å². The van der Waals surface area contributed by atoms with E-state index in [4.69, 9.17) is 4.74 Å². The Morgan fingerprint density at radius 2 is 2.05 bits per heavy atom. The van der Waals surface area contributed by atoms with Crippen LogP contribution >= 0.6 is 15.9 Å². The number of hydrogen-bond donors (Lipinski definition) is 1. The van der Waals surface area contributed by atoms with E-state index in [1.165, 1.54) is 0 Å². The first-order chi connectivity index (χ1) is 10.7. The maximum Gasteiger partial charge on any atom is 0.169 e. The first-order valence-corrected chi connectivity index (χ1v) is 8.39. The van der Waals surface area contributed by atoms with Gasteiger partial charge in [-0.25, -0.2) is 4.39 Å². The summed E-state index contributed by atoms with van der Waals surface area (Å²) in [7, 11) is 0. The minimum Gasteiger partial charge on any atom is -0.485 e. The van der Waals surface area contributed by atoms with Gasteiger partial charge in [0.25, 0.3) is 0 Å². The second kappa shape index (κ2) is 7.25. The van der Waals surface area contributed by atoms with Crippen molar-refractivity contribution in [2.24, 2.45) is 0 Å². The van der Waals surface area contributed by atoms with Crippen molar-refractivity contribution in [3.8, 4) is 5.75 Å². The molecule has 2 nitrogen and oxygen atoms in total. The lowest BCUT2D eigenvalue weighted by atomic mass is 9.91. The minimum absolute atomic E-state index is 0.288. The van der Waals surface area contributed by atoms with Gasteiger partial charge in [-0.15, -0.1) is 0 Å². The van der Waals surface area contributed by atoms with Crippen LogP contribution in [-0.4, -0.2) is 13.1 Å². The molecule has 0 radical (unpaired) electrons. The average molecular weight is 364 g/mol. The smallest absolute Gasteiger partial charge is 0.169 e. The molecule has 0 bridgehead atoms. The number of halogens is 2. The third-order valence-electron chi connectivity index (χ3n) is 4.01. The highest BCUT2D eigenvalue weighted by Gasteiger charge is 2.19. The monoisotopic (exact) mass is 363 g/mol. The van der Waals surface area contributed by atoms with Crippen molar-refractivity contribution in [1.82, 2.24) is 5.32 Å². The van der Waals surface area contributed by atoms with Gasteiger partial charge in [-0.1, -0.05) is 30.3 Å². The summed E-state index contributed by atoms with van der Waals surface area (Å²) < 4.78 is 20.7.